The van der Waals surface area contributed by atoms with Crippen LogP contribution in [0.2, 0.25) is 5.02 Å². The van der Waals surface area contributed by atoms with Gasteiger partial charge in [0.15, 0.2) is 11.9 Å². The molecule has 0 aliphatic carbocycles. The van der Waals surface area contributed by atoms with Crippen LogP contribution in [0.15, 0.2) is 24.4 Å². The number of aromatic hydroxyl groups is 1. The molecule has 1 saturated heterocycles. The van der Waals surface area contributed by atoms with Crippen molar-refractivity contribution in [3.05, 3.63) is 35.0 Å². The van der Waals surface area contributed by atoms with Gasteiger partial charge >= 0.3 is 0 Å². The lowest BCUT2D eigenvalue weighted by Crippen LogP contribution is -2.24. The Morgan fingerprint density at radius 2 is 2.32 bits per heavy atom. The van der Waals surface area contributed by atoms with Gasteiger partial charge in [0.25, 0.3) is 5.52 Å². The molecule has 0 bridgehead atoms. The first kappa shape index (κ1) is 12.2. The van der Waals surface area contributed by atoms with Crippen LogP contribution in [0.4, 0.5) is 0 Å². The Kier molecular flexibility index (Phi) is 3.03. The number of pyridine rings is 1. The number of hydrogen-bond acceptors (Lipinski definition) is 2. The largest absolute Gasteiger partial charge is 0.502 e. The van der Waals surface area contributed by atoms with E-state index < -0.39 is 0 Å². The van der Waals surface area contributed by atoms with Crippen molar-refractivity contribution in [3.63, 3.8) is 0 Å². The van der Waals surface area contributed by atoms with E-state index in [2.05, 4.69) is 4.98 Å². The quantitative estimate of drug-likeness (QED) is 0.914. The van der Waals surface area contributed by atoms with Crippen LogP contribution >= 0.6 is 11.6 Å². The maximum absolute atomic E-state index is 11.6. The molecule has 0 radical (unpaired) electrons. The van der Waals surface area contributed by atoms with Gasteiger partial charge in [0.2, 0.25) is 5.91 Å². The molecule has 0 atom stereocenters. The number of aromatic amines is 1. The van der Waals surface area contributed by atoms with E-state index in [1.807, 2.05) is 12.1 Å². The van der Waals surface area contributed by atoms with E-state index in [4.69, 9.17) is 11.6 Å². The lowest BCUT2D eigenvalue weighted by atomic mass is 10.1. The molecule has 3 rings (SSSR count). The number of likely N-dealkylation sites (tertiary alicyclic amines) is 1. The molecule has 2 N–H and O–H groups in total. The second-order valence-corrected chi connectivity index (χ2v) is 5.15. The van der Waals surface area contributed by atoms with Crippen LogP contribution in [-0.2, 0) is 11.3 Å². The van der Waals surface area contributed by atoms with E-state index in [0.29, 0.717) is 29.1 Å². The highest BCUT2D eigenvalue weighted by Crippen LogP contribution is 2.32. The minimum absolute atomic E-state index is 0.132. The fraction of sp³-hybridized carbons (Fsp3) is 0.286. The standard InChI is InChI=1S/C14H13ClN2O2/c15-11-7-9(8-17-6-2-4-12(17)18)14(19)13-10(11)3-1-5-16-13/h1,3,5,7,19H,2,4,6,8H2/p+1. The van der Waals surface area contributed by atoms with Crippen molar-refractivity contribution in [2.75, 3.05) is 6.54 Å². The second-order valence-electron chi connectivity index (χ2n) is 4.74. The monoisotopic (exact) mass is 277 g/mol. The molecule has 2 heterocycles. The van der Waals surface area contributed by atoms with Gasteiger partial charge in [0.1, 0.15) is 0 Å². The fourth-order valence-electron chi connectivity index (χ4n) is 2.49. The van der Waals surface area contributed by atoms with Crippen molar-refractivity contribution in [1.82, 2.24) is 4.90 Å². The summed E-state index contributed by atoms with van der Waals surface area (Å²) >= 11 is 6.22. The number of nitrogens with zero attached hydrogens (tertiary/aromatic N) is 1. The number of rotatable bonds is 2. The number of halogens is 1. The molecule has 4 nitrogen and oxygen atoms in total. The van der Waals surface area contributed by atoms with Crippen LogP contribution in [0.3, 0.4) is 0 Å². The van der Waals surface area contributed by atoms with Crippen molar-refractivity contribution < 1.29 is 14.9 Å². The summed E-state index contributed by atoms with van der Waals surface area (Å²) < 4.78 is 0. The average molecular weight is 278 g/mol. The number of H-pyrrole nitrogens is 1. The first-order valence-electron chi connectivity index (χ1n) is 6.25. The molecule has 1 amide bonds. The van der Waals surface area contributed by atoms with Gasteiger partial charge in [-0.15, -0.1) is 0 Å². The molecule has 0 unspecified atom stereocenters. The lowest BCUT2D eigenvalue weighted by molar-refractivity contribution is -0.345. The highest BCUT2D eigenvalue weighted by molar-refractivity contribution is 6.35. The SMILES string of the molecule is O=C1CCCN1Cc1cc(Cl)c2ccc[nH+]c2c1O. The Balaban J connectivity index is 2.04. The number of aromatic nitrogens is 1. The molecular weight excluding hydrogens is 264 g/mol. The van der Waals surface area contributed by atoms with Crippen LogP contribution in [0.5, 0.6) is 5.75 Å². The predicted octanol–water partition coefficient (Wildman–Crippen LogP) is 2.14. The van der Waals surface area contributed by atoms with E-state index in [1.54, 1.807) is 17.2 Å². The molecule has 1 aromatic carbocycles. The van der Waals surface area contributed by atoms with E-state index >= 15 is 0 Å². The zero-order valence-corrected chi connectivity index (χ0v) is 11.1. The predicted molar refractivity (Wildman–Crippen MR) is 71.8 cm³/mol. The average Bonchev–Trinajstić information content (AvgIpc) is 2.81. The molecule has 1 aromatic heterocycles. The van der Waals surface area contributed by atoms with Crippen LogP contribution < -0.4 is 4.98 Å². The van der Waals surface area contributed by atoms with Crippen LogP contribution in [0.25, 0.3) is 10.9 Å². The van der Waals surface area contributed by atoms with Crippen LogP contribution in [-0.4, -0.2) is 22.5 Å². The Bertz CT molecular complexity index is 657. The molecule has 19 heavy (non-hydrogen) atoms. The molecule has 0 spiro atoms. The summed E-state index contributed by atoms with van der Waals surface area (Å²) in [5, 5.41) is 11.6. The molecule has 98 valence electrons. The smallest absolute Gasteiger partial charge is 0.254 e. The number of carbonyl (C=O) groups excluding carboxylic acids is 1. The summed E-state index contributed by atoms with van der Waals surface area (Å²) in [6.45, 7) is 1.15. The minimum atomic E-state index is 0.132. The van der Waals surface area contributed by atoms with Gasteiger partial charge in [-0.3, -0.25) is 4.79 Å². The highest BCUT2D eigenvalue weighted by atomic mass is 35.5. The van der Waals surface area contributed by atoms with Gasteiger partial charge in [-0.2, -0.15) is 0 Å². The highest BCUT2D eigenvalue weighted by Gasteiger charge is 2.23. The number of carbonyl (C=O) groups is 1. The van der Waals surface area contributed by atoms with Crippen LogP contribution in [0.1, 0.15) is 18.4 Å². The number of benzene rings is 1. The first-order chi connectivity index (χ1) is 9.16. The molecular formula is C14H14ClN2O2+. The topological polar surface area (TPSA) is 54.7 Å². The molecule has 5 heteroatoms. The summed E-state index contributed by atoms with van der Waals surface area (Å²) in [5.74, 6) is 0.298. The molecule has 0 saturated carbocycles. The van der Waals surface area contributed by atoms with E-state index in [9.17, 15) is 9.90 Å². The van der Waals surface area contributed by atoms with Crippen molar-refractivity contribution in [2.24, 2.45) is 0 Å². The molecule has 1 aliphatic heterocycles. The van der Waals surface area contributed by atoms with Gasteiger partial charge in [-0.1, -0.05) is 11.6 Å². The Morgan fingerprint density at radius 3 is 3.05 bits per heavy atom. The van der Waals surface area contributed by atoms with Crippen LogP contribution in [0, 0.1) is 0 Å². The molecule has 2 aromatic rings. The van der Waals surface area contributed by atoms with Gasteiger partial charge in [0.05, 0.1) is 10.4 Å². The third-order valence-electron chi connectivity index (χ3n) is 3.49. The maximum Gasteiger partial charge on any atom is 0.254 e. The third kappa shape index (κ3) is 2.12. The van der Waals surface area contributed by atoms with Crippen molar-refractivity contribution in [1.29, 1.82) is 0 Å². The summed E-state index contributed by atoms with van der Waals surface area (Å²) in [7, 11) is 0. The van der Waals surface area contributed by atoms with E-state index in [1.165, 1.54) is 0 Å². The van der Waals surface area contributed by atoms with Gasteiger partial charge in [-0.25, -0.2) is 4.98 Å². The van der Waals surface area contributed by atoms with Crippen molar-refractivity contribution in [3.8, 4) is 5.75 Å². The van der Waals surface area contributed by atoms with Crippen molar-refractivity contribution >= 4 is 28.4 Å². The number of amides is 1. The number of nitrogens with one attached hydrogen (secondary N) is 1. The normalized spacial score (nSPS) is 15.4. The van der Waals surface area contributed by atoms with E-state index in [0.717, 1.165) is 18.4 Å². The van der Waals surface area contributed by atoms with Gasteiger partial charge in [0, 0.05) is 31.1 Å². The van der Waals surface area contributed by atoms with Gasteiger partial charge in [-0.05, 0) is 18.6 Å². The van der Waals surface area contributed by atoms with Gasteiger partial charge < -0.3 is 10.0 Å². The Labute approximate surface area is 115 Å². The number of hydrogen-bond donors (Lipinski definition) is 1. The summed E-state index contributed by atoms with van der Waals surface area (Å²) in [6.07, 6.45) is 3.21. The maximum atomic E-state index is 11.6. The van der Waals surface area contributed by atoms with Crippen molar-refractivity contribution in [2.45, 2.75) is 19.4 Å². The number of phenolic OH excluding ortho intramolecular Hbond substituents is 1. The number of phenols is 1. The number of fused-ring (bicyclic) bond motifs is 1. The minimum Gasteiger partial charge on any atom is -0.502 e. The Hall–Kier alpha value is -1.81. The van der Waals surface area contributed by atoms with E-state index in [-0.39, 0.29) is 11.7 Å². The Morgan fingerprint density at radius 1 is 1.47 bits per heavy atom. The zero-order chi connectivity index (χ0) is 13.4. The first-order valence-corrected chi connectivity index (χ1v) is 6.63. The lowest BCUT2D eigenvalue weighted by Gasteiger charge is -2.16. The summed E-state index contributed by atoms with van der Waals surface area (Å²) in [5.41, 5.74) is 1.28. The fourth-order valence-corrected chi connectivity index (χ4v) is 2.78. The second kappa shape index (κ2) is 4.70. The molecule has 1 fully saturated rings. The third-order valence-corrected chi connectivity index (χ3v) is 3.80. The zero-order valence-electron chi connectivity index (χ0n) is 10.3. The molecule has 1 aliphatic rings. The summed E-state index contributed by atoms with van der Waals surface area (Å²) in [4.78, 5) is 16.4. The summed E-state index contributed by atoms with van der Waals surface area (Å²) in [6, 6.07) is 5.41.